The maximum absolute atomic E-state index is 11.2. The minimum atomic E-state index is -3.14. The molecule has 0 N–H and O–H groups in total. The number of hydrogen-bond acceptors (Lipinski definition) is 3. The average Bonchev–Trinajstić information content (AvgIpc) is 2.05. The van der Waals surface area contributed by atoms with Crippen LogP contribution in [0.15, 0.2) is 23.2 Å². The molecular weight excluding hydrogens is 198 g/mol. The summed E-state index contributed by atoms with van der Waals surface area (Å²) in [6, 6.07) is 2.91. The molecule has 0 amide bonds. The number of rotatable bonds is 2. The highest BCUT2D eigenvalue weighted by Gasteiger charge is 2.10. The van der Waals surface area contributed by atoms with Crippen LogP contribution in [0, 0.1) is 0 Å². The molecule has 0 atom stereocenters. The molecule has 1 rings (SSSR count). The van der Waals surface area contributed by atoms with Crippen molar-refractivity contribution >= 4 is 21.4 Å². The zero-order valence-corrected chi connectivity index (χ0v) is 8.06. The van der Waals surface area contributed by atoms with Gasteiger partial charge in [0.15, 0.2) is 9.84 Å². The number of halogens is 1. The van der Waals surface area contributed by atoms with Gasteiger partial charge in [-0.3, -0.25) is 0 Å². The molecule has 0 saturated carbocycles. The smallest absolute Gasteiger partial charge is 0.179 e. The highest BCUT2D eigenvalue weighted by atomic mass is 35.5. The van der Waals surface area contributed by atoms with E-state index in [4.69, 9.17) is 11.6 Å². The molecule has 0 fully saturated rings. The van der Waals surface area contributed by atoms with Crippen molar-refractivity contribution in [3.8, 4) is 0 Å². The maximum Gasteiger partial charge on any atom is 0.179 e. The summed E-state index contributed by atoms with van der Waals surface area (Å²) < 4.78 is 22.5. The van der Waals surface area contributed by atoms with Gasteiger partial charge in [-0.15, -0.1) is 0 Å². The Hall–Kier alpha value is -0.610. The summed E-state index contributed by atoms with van der Waals surface area (Å²) in [6.07, 6.45) is 1.27. The Bertz CT molecular complexity index is 357. The van der Waals surface area contributed by atoms with Gasteiger partial charge in [0.25, 0.3) is 0 Å². The molecule has 0 aliphatic heterocycles. The number of aromatic nitrogens is 1. The average molecular weight is 206 g/mol. The monoisotopic (exact) mass is 205 g/mol. The summed E-state index contributed by atoms with van der Waals surface area (Å²) in [4.78, 5) is 3.90. The quantitative estimate of drug-likeness (QED) is 0.688. The summed E-state index contributed by atoms with van der Waals surface area (Å²) in [6.45, 7) is 1.59. The van der Waals surface area contributed by atoms with Gasteiger partial charge >= 0.3 is 0 Å². The van der Waals surface area contributed by atoms with Gasteiger partial charge < -0.3 is 0 Å². The zero-order chi connectivity index (χ0) is 9.19. The van der Waals surface area contributed by atoms with Gasteiger partial charge in [-0.1, -0.05) is 18.5 Å². The van der Waals surface area contributed by atoms with Gasteiger partial charge in [-0.05, 0) is 12.1 Å². The van der Waals surface area contributed by atoms with Crippen LogP contribution in [0.2, 0.25) is 5.15 Å². The van der Waals surface area contributed by atoms with Gasteiger partial charge in [-0.2, -0.15) is 0 Å². The van der Waals surface area contributed by atoms with Crippen molar-refractivity contribution in [3.05, 3.63) is 23.5 Å². The largest absolute Gasteiger partial charge is 0.243 e. The Morgan fingerprint density at radius 3 is 2.58 bits per heavy atom. The van der Waals surface area contributed by atoms with E-state index < -0.39 is 9.84 Å². The molecule has 0 spiro atoms. The van der Waals surface area contributed by atoms with Crippen molar-refractivity contribution in [1.29, 1.82) is 0 Å². The fraction of sp³-hybridized carbons (Fsp3) is 0.286. The Labute approximate surface area is 76.3 Å². The molecule has 66 valence electrons. The summed E-state index contributed by atoms with van der Waals surface area (Å²) in [5, 5.41) is 0.296. The summed E-state index contributed by atoms with van der Waals surface area (Å²) in [7, 11) is -3.14. The molecule has 0 saturated heterocycles. The lowest BCUT2D eigenvalue weighted by Crippen LogP contribution is -2.03. The van der Waals surface area contributed by atoms with Gasteiger partial charge in [-0.25, -0.2) is 13.4 Å². The van der Waals surface area contributed by atoms with Crippen molar-refractivity contribution in [2.75, 3.05) is 5.75 Å². The van der Waals surface area contributed by atoms with Gasteiger partial charge in [0.05, 0.1) is 10.6 Å². The van der Waals surface area contributed by atoms with E-state index in [0.29, 0.717) is 5.15 Å². The third-order valence-corrected chi connectivity index (χ3v) is 3.38. The first kappa shape index (κ1) is 9.48. The lowest BCUT2D eigenvalue weighted by molar-refractivity contribution is 0.597. The molecule has 0 aromatic carbocycles. The molecule has 0 unspecified atom stereocenters. The molecule has 1 aromatic rings. The van der Waals surface area contributed by atoms with Gasteiger partial charge in [0.2, 0.25) is 0 Å². The number of hydrogen-bond donors (Lipinski definition) is 0. The second kappa shape index (κ2) is 3.41. The van der Waals surface area contributed by atoms with Crippen molar-refractivity contribution < 1.29 is 8.42 Å². The van der Waals surface area contributed by atoms with E-state index in [2.05, 4.69) is 4.98 Å². The summed E-state index contributed by atoms with van der Waals surface area (Å²) >= 11 is 5.50. The van der Waals surface area contributed by atoms with E-state index in [9.17, 15) is 8.42 Å². The molecular formula is C7H8ClNO2S. The third-order valence-electron chi connectivity index (χ3n) is 1.44. The first-order chi connectivity index (χ1) is 5.56. The molecule has 5 heteroatoms. The van der Waals surface area contributed by atoms with E-state index in [1.54, 1.807) is 6.92 Å². The van der Waals surface area contributed by atoms with Crippen LogP contribution in [-0.4, -0.2) is 19.2 Å². The molecule has 0 bridgehead atoms. The fourth-order valence-electron chi connectivity index (χ4n) is 0.713. The molecule has 0 aliphatic rings. The Kier molecular flexibility index (Phi) is 2.69. The molecule has 3 nitrogen and oxygen atoms in total. The molecule has 0 aliphatic carbocycles. The Morgan fingerprint density at radius 2 is 2.17 bits per heavy atom. The zero-order valence-electron chi connectivity index (χ0n) is 6.49. The van der Waals surface area contributed by atoms with Crippen molar-refractivity contribution in [2.45, 2.75) is 11.8 Å². The predicted molar refractivity (Wildman–Crippen MR) is 47.0 cm³/mol. The SMILES string of the molecule is CCS(=O)(=O)c1ccc(Cl)nc1. The lowest BCUT2D eigenvalue weighted by Gasteiger charge is -1.98. The second-order valence-corrected chi connectivity index (χ2v) is 4.89. The van der Waals surface area contributed by atoms with Crippen LogP contribution in [0.25, 0.3) is 0 Å². The van der Waals surface area contributed by atoms with Crippen molar-refractivity contribution in [3.63, 3.8) is 0 Å². The van der Waals surface area contributed by atoms with E-state index in [0.717, 1.165) is 0 Å². The Morgan fingerprint density at radius 1 is 1.50 bits per heavy atom. The van der Waals surface area contributed by atoms with Crippen LogP contribution in [0.3, 0.4) is 0 Å². The third kappa shape index (κ3) is 1.95. The molecule has 1 heterocycles. The standard InChI is InChI=1S/C7H8ClNO2S/c1-2-12(10,11)6-3-4-7(8)9-5-6/h3-5H,2H2,1H3. The van der Waals surface area contributed by atoms with Crippen LogP contribution in [-0.2, 0) is 9.84 Å². The lowest BCUT2D eigenvalue weighted by atomic mass is 10.5. The first-order valence-electron chi connectivity index (χ1n) is 3.40. The van der Waals surface area contributed by atoms with Crippen molar-refractivity contribution in [2.24, 2.45) is 0 Å². The molecule has 12 heavy (non-hydrogen) atoms. The van der Waals surface area contributed by atoms with E-state index in [1.807, 2.05) is 0 Å². The summed E-state index contributed by atoms with van der Waals surface area (Å²) in [5.41, 5.74) is 0. The number of nitrogens with zero attached hydrogens (tertiary/aromatic N) is 1. The number of sulfone groups is 1. The van der Waals surface area contributed by atoms with E-state index in [-0.39, 0.29) is 10.6 Å². The van der Waals surface area contributed by atoms with Gasteiger partial charge in [0, 0.05) is 6.20 Å². The van der Waals surface area contributed by atoms with Crippen LogP contribution in [0.4, 0.5) is 0 Å². The minimum Gasteiger partial charge on any atom is -0.243 e. The van der Waals surface area contributed by atoms with Crippen LogP contribution in [0.1, 0.15) is 6.92 Å². The molecule has 0 radical (unpaired) electrons. The predicted octanol–water partition coefficient (Wildman–Crippen LogP) is 1.53. The topological polar surface area (TPSA) is 47.0 Å². The van der Waals surface area contributed by atoms with Crippen LogP contribution in [0.5, 0.6) is 0 Å². The molecule has 1 aromatic heterocycles. The van der Waals surface area contributed by atoms with Crippen LogP contribution < -0.4 is 0 Å². The minimum absolute atomic E-state index is 0.0797. The summed E-state index contributed by atoms with van der Waals surface area (Å²) in [5.74, 6) is 0.0797. The Balaban J connectivity index is 3.14. The van der Waals surface area contributed by atoms with E-state index in [1.165, 1.54) is 18.3 Å². The highest BCUT2D eigenvalue weighted by molar-refractivity contribution is 7.91. The fourth-order valence-corrected chi connectivity index (χ4v) is 1.65. The highest BCUT2D eigenvalue weighted by Crippen LogP contribution is 2.11. The van der Waals surface area contributed by atoms with E-state index >= 15 is 0 Å². The maximum atomic E-state index is 11.2. The van der Waals surface area contributed by atoms with Gasteiger partial charge in [0.1, 0.15) is 5.15 Å². The van der Waals surface area contributed by atoms with Crippen LogP contribution >= 0.6 is 11.6 Å². The second-order valence-electron chi connectivity index (χ2n) is 2.22. The number of pyridine rings is 1. The van der Waals surface area contributed by atoms with Crippen molar-refractivity contribution in [1.82, 2.24) is 4.98 Å². The normalized spacial score (nSPS) is 11.5. The first-order valence-corrected chi connectivity index (χ1v) is 5.43.